The third kappa shape index (κ3) is 4.40. The molecule has 1 aromatic carbocycles. The first-order valence-electron chi connectivity index (χ1n) is 11.0. The quantitative estimate of drug-likeness (QED) is 0.688. The third-order valence-electron chi connectivity index (χ3n) is 6.03. The molecular weight excluding hydrogens is 390 g/mol. The van der Waals surface area contributed by atoms with Crippen molar-refractivity contribution < 1.29 is 9.53 Å². The second-order valence-electron chi connectivity index (χ2n) is 8.27. The number of carbonyl (C=O) groups excluding carboxylic acids is 1. The summed E-state index contributed by atoms with van der Waals surface area (Å²) >= 11 is 0. The number of hydrogen-bond donors (Lipinski definition) is 1. The fourth-order valence-corrected chi connectivity index (χ4v) is 4.40. The van der Waals surface area contributed by atoms with Crippen LogP contribution in [-0.4, -0.2) is 39.4 Å². The van der Waals surface area contributed by atoms with Gasteiger partial charge in [0.25, 0.3) is 5.91 Å². The van der Waals surface area contributed by atoms with Crippen molar-refractivity contribution in [3.05, 3.63) is 66.6 Å². The van der Waals surface area contributed by atoms with Crippen molar-refractivity contribution in [3.63, 3.8) is 0 Å². The first-order chi connectivity index (χ1) is 15.3. The molecule has 2 aromatic heterocycles. The summed E-state index contributed by atoms with van der Waals surface area (Å²) in [4.78, 5) is 19.7. The molecule has 3 aromatic rings. The molecule has 160 valence electrons. The lowest BCUT2D eigenvalue weighted by atomic mass is 9.95. The molecule has 7 heteroatoms. The van der Waals surface area contributed by atoms with Gasteiger partial charge in [0.1, 0.15) is 5.75 Å². The Morgan fingerprint density at radius 1 is 1.10 bits per heavy atom. The SMILES string of the molecule is O=C(NC1CCCCC1)C1CN(Cc2ccc(-n3cccn3)nc2)c2ccccc2O1. The molecular formula is C24H27N5O2. The highest BCUT2D eigenvalue weighted by molar-refractivity contribution is 5.83. The summed E-state index contributed by atoms with van der Waals surface area (Å²) in [6, 6.07) is 14.1. The van der Waals surface area contributed by atoms with Crippen LogP contribution in [-0.2, 0) is 11.3 Å². The molecule has 1 fully saturated rings. The number of aromatic nitrogens is 3. The molecule has 1 saturated carbocycles. The number of nitrogens with one attached hydrogen (secondary N) is 1. The first-order valence-corrected chi connectivity index (χ1v) is 11.0. The number of carbonyl (C=O) groups is 1. The summed E-state index contributed by atoms with van der Waals surface area (Å²) in [7, 11) is 0. The van der Waals surface area contributed by atoms with Crippen molar-refractivity contribution in [1.29, 1.82) is 0 Å². The van der Waals surface area contributed by atoms with Crippen LogP contribution in [0, 0.1) is 0 Å². The highest BCUT2D eigenvalue weighted by Crippen LogP contribution is 2.34. The number of para-hydroxylation sites is 2. The van der Waals surface area contributed by atoms with E-state index in [1.807, 2.05) is 48.8 Å². The Labute approximate surface area is 182 Å². The molecule has 1 aliphatic carbocycles. The van der Waals surface area contributed by atoms with E-state index in [0.717, 1.165) is 35.7 Å². The largest absolute Gasteiger partial charge is 0.477 e. The van der Waals surface area contributed by atoms with Crippen molar-refractivity contribution >= 4 is 11.6 Å². The van der Waals surface area contributed by atoms with Gasteiger partial charge in [-0.1, -0.05) is 37.5 Å². The number of benzene rings is 1. The molecule has 3 heterocycles. The van der Waals surface area contributed by atoms with Crippen LogP contribution >= 0.6 is 0 Å². The molecule has 7 nitrogen and oxygen atoms in total. The van der Waals surface area contributed by atoms with Crippen molar-refractivity contribution in [2.75, 3.05) is 11.4 Å². The topological polar surface area (TPSA) is 72.3 Å². The molecule has 31 heavy (non-hydrogen) atoms. The van der Waals surface area contributed by atoms with E-state index < -0.39 is 6.10 Å². The number of hydrogen-bond acceptors (Lipinski definition) is 5. The van der Waals surface area contributed by atoms with Gasteiger partial charge in [-0.3, -0.25) is 4.79 Å². The van der Waals surface area contributed by atoms with Gasteiger partial charge in [0.2, 0.25) is 0 Å². The van der Waals surface area contributed by atoms with Crippen molar-refractivity contribution in [3.8, 4) is 11.6 Å². The summed E-state index contributed by atoms with van der Waals surface area (Å²) in [5.41, 5.74) is 2.07. The predicted octanol–water partition coefficient (Wildman–Crippen LogP) is 3.48. The fraction of sp³-hybridized carbons (Fsp3) is 0.375. The molecule has 1 amide bonds. The Kier molecular flexibility index (Phi) is 5.56. The number of anilines is 1. The van der Waals surface area contributed by atoms with Crippen molar-refractivity contribution in [2.45, 2.75) is 50.8 Å². The lowest BCUT2D eigenvalue weighted by Crippen LogP contribution is -2.51. The number of amides is 1. The lowest BCUT2D eigenvalue weighted by molar-refractivity contribution is -0.128. The number of ether oxygens (including phenoxy) is 1. The van der Waals surface area contributed by atoms with Crippen LogP contribution in [0.3, 0.4) is 0 Å². The standard InChI is InChI=1S/C24H27N5O2/c30-24(27-19-7-2-1-3-8-19)22-17-28(20-9-4-5-10-21(20)31-22)16-18-11-12-23(25-15-18)29-14-6-13-26-29/h4-6,9-15,19,22H,1-3,7-8,16-17H2,(H,27,30). The minimum absolute atomic E-state index is 0.0152. The Morgan fingerprint density at radius 3 is 2.74 bits per heavy atom. The van der Waals surface area contributed by atoms with E-state index in [1.165, 1.54) is 19.3 Å². The molecule has 0 bridgehead atoms. The summed E-state index contributed by atoms with van der Waals surface area (Å²) in [6.45, 7) is 1.16. The van der Waals surface area contributed by atoms with E-state index in [1.54, 1.807) is 10.9 Å². The zero-order valence-corrected chi connectivity index (χ0v) is 17.5. The van der Waals surface area contributed by atoms with Crippen LogP contribution in [0.5, 0.6) is 5.75 Å². The zero-order chi connectivity index (χ0) is 21.0. The highest BCUT2D eigenvalue weighted by atomic mass is 16.5. The van der Waals surface area contributed by atoms with E-state index in [9.17, 15) is 4.79 Å². The number of rotatable bonds is 5. The minimum atomic E-state index is -0.520. The number of pyridine rings is 1. The van der Waals surface area contributed by atoms with Gasteiger partial charge in [0.05, 0.1) is 12.2 Å². The van der Waals surface area contributed by atoms with Crippen molar-refractivity contribution in [2.24, 2.45) is 0 Å². The molecule has 1 unspecified atom stereocenters. The van der Waals surface area contributed by atoms with Gasteiger partial charge in [0, 0.05) is 31.2 Å². The third-order valence-corrected chi connectivity index (χ3v) is 6.03. The lowest BCUT2D eigenvalue weighted by Gasteiger charge is -2.36. The van der Waals surface area contributed by atoms with Gasteiger partial charge in [-0.2, -0.15) is 5.10 Å². The van der Waals surface area contributed by atoms with Crippen LogP contribution in [0.2, 0.25) is 0 Å². The first kappa shape index (κ1) is 19.6. The summed E-state index contributed by atoms with van der Waals surface area (Å²) < 4.78 is 7.83. The van der Waals surface area contributed by atoms with Gasteiger partial charge >= 0.3 is 0 Å². The Morgan fingerprint density at radius 2 is 1.97 bits per heavy atom. The second kappa shape index (κ2) is 8.79. The van der Waals surface area contributed by atoms with Gasteiger partial charge in [-0.25, -0.2) is 9.67 Å². The Balaban J connectivity index is 1.31. The molecule has 1 aliphatic heterocycles. The zero-order valence-electron chi connectivity index (χ0n) is 17.5. The van der Waals surface area contributed by atoms with Crippen LogP contribution < -0.4 is 15.0 Å². The number of fused-ring (bicyclic) bond motifs is 1. The molecule has 2 aliphatic rings. The smallest absolute Gasteiger partial charge is 0.263 e. The molecule has 1 N–H and O–H groups in total. The molecule has 5 rings (SSSR count). The van der Waals surface area contributed by atoms with E-state index in [2.05, 4.69) is 26.4 Å². The maximum Gasteiger partial charge on any atom is 0.263 e. The average Bonchev–Trinajstić information content (AvgIpc) is 3.35. The molecule has 0 spiro atoms. The van der Waals surface area contributed by atoms with Crippen LogP contribution in [0.1, 0.15) is 37.7 Å². The van der Waals surface area contributed by atoms with E-state index in [-0.39, 0.29) is 11.9 Å². The molecule has 0 saturated heterocycles. The van der Waals surface area contributed by atoms with Gasteiger partial charge in [-0.15, -0.1) is 0 Å². The van der Waals surface area contributed by atoms with Crippen LogP contribution in [0.4, 0.5) is 5.69 Å². The van der Waals surface area contributed by atoms with E-state index in [4.69, 9.17) is 4.74 Å². The van der Waals surface area contributed by atoms with E-state index >= 15 is 0 Å². The fourth-order valence-electron chi connectivity index (χ4n) is 4.40. The normalized spacial score (nSPS) is 18.8. The Hall–Kier alpha value is -3.35. The maximum atomic E-state index is 13.0. The molecule has 1 atom stereocenters. The number of nitrogens with zero attached hydrogens (tertiary/aromatic N) is 4. The maximum absolute atomic E-state index is 13.0. The monoisotopic (exact) mass is 417 g/mol. The average molecular weight is 418 g/mol. The minimum Gasteiger partial charge on any atom is -0.477 e. The van der Waals surface area contributed by atoms with E-state index in [0.29, 0.717) is 13.1 Å². The summed E-state index contributed by atoms with van der Waals surface area (Å²) in [6.07, 6.45) is 10.7. The van der Waals surface area contributed by atoms with Crippen LogP contribution in [0.15, 0.2) is 61.1 Å². The second-order valence-corrected chi connectivity index (χ2v) is 8.27. The summed E-state index contributed by atoms with van der Waals surface area (Å²) in [5.74, 6) is 1.51. The predicted molar refractivity (Wildman–Crippen MR) is 118 cm³/mol. The van der Waals surface area contributed by atoms with Gasteiger partial charge in [0.15, 0.2) is 11.9 Å². The van der Waals surface area contributed by atoms with Crippen LogP contribution in [0.25, 0.3) is 5.82 Å². The summed E-state index contributed by atoms with van der Waals surface area (Å²) in [5, 5.41) is 7.44. The van der Waals surface area contributed by atoms with Crippen molar-refractivity contribution in [1.82, 2.24) is 20.1 Å². The van der Waals surface area contributed by atoms with Gasteiger partial charge in [-0.05, 0) is 42.7 Å². The Bertz CT molecular complexity index is 1010. The highest BCUT2D eigenvalue weighted by Gasteiger charge is 2.32. The van der Waals surface area contributed by atoms with Gasteiger partial charge < -0.3 is 15.0 Å². The molecule has 0 radical (unpaired) electrons.